The second kappa shape index (κ2) is 9.80. The number of rotatable bonds is 6. The normalized spacial score (nSPS) is 22.3. The fraction of sp³-hybridized carbons (Fsp3) is 0.571. The molecule has 2 aliphatic heterocycles. The molecule has 0 unspecified atom stereocenters. The Bertz CT molecular complexity index is 805. The molecule has 3 rings (SSSR count). The van der Waals surface area contributed by atoms with E-state index in [1.807, 2.05) is 11.8 Å². The number of carbonyl (C=O) groups excluding carboxylic acids is 2. The number of ether oxygens (including phenoxy) is 2. The molecule has 9 nitrogen and oxygen atoms in total. The van der Waals surface area contributed by atoms with Gasteiger partial charge in [0.1, 0.15) is 6.04 Å². The highest BCUT2D eigenvalue weighted by molar-refractivity contribution is 6.08. The van der Waals surface area contributed by atoms with Gasteiger partial charge in [-0.1, -0.05) is 13.0 Å². The Labute approximate surface area is 176 Å². The number of esters is 1. The number of hydrogen-bond donors (Lipinski definition) is 2. The molecule has 30 heavy (non-hydrogen) atoms. The second-order valence-electron chi connectivity index (χ2n) is 7.20. The topological polar surface area (TPSA) is 104 Å². The number of guanidine groups is 1. The molecule has 1 aromatic carbocycles. The van der Waals surface area contributed by atoms with Crippen molar-refractivity contribution in [1.82, 2.24) is 15.1 Å². The van der Waals surface area contributed by atoms with Crippen molar-refractivity contribution in [2.75, 3.05) is 45.9 Å². The zero-order chi connectivity index (χ0) is 21.7. The molecule has 2 heterocycles. The van der Waals surface area contributed by atoms with E-state index >= 15 is 0 Å². The zero-order valence-corrected chi connectivity index (χ0v) is 17.8. The molecule has 2 N–H and O–H groups in total. The molecule has 2 atom stereocenters. The number of aromatic hydroxyl groups is 1. The van der Waals surface area contributed by atoms with Gasteiger partial charge in [0.15, 0.2) is 17.4 Å². The lowest BCUT2D eigenvalue weighted by atomic mass is 9.91. The van der Waals surface area contributed by atoms with E-state index in [-0.39, 0.29) is 18.1 Å². The van der Waals surface area contributed by atoms with E-state index in [0.29, 0.717) is 18.1 Å². The van der Waals surface area contributed by atoms with E-state index in [0.717, 1.165) is 32.7 Å². The van der Waals surface area contributed by atoms with Gasteiger partial charge in [-0.05, 0) is 38.1 Å². The maximum Gasteiger partial charge on any atom is 0.321 e. The fourth-order valence-corrected chi connectivity index (χ4v) is 3.73. The molecule has 1 aromatic rings. The van der Waals surface area contributed by atoms with Crippen molar-refractivity contribution in [1.29, 1.82) is 0 Å². The molecule has 2 aliphatic rings. The summed E-state index contributed by atoms with van der Waals surface area (Å²) >= 11 is 0. The standard InChI is InChI=1S/C21H30N4O5/c1-4-24-9-11-25(12-10-24)21-22-18(17(19(27)23-21)20(28)30-6-3)14-7-8-15(26)16(13-14)29-5-2/h7-8,13,17-18,26H,4-6,9-12H2,1-3H3,(H,22,23,27)/t17-,18+/m0/s1. The molecular formula is C21H30N4O5. The van der Waals surface area contributed by atoms with E-state index in [4.69, 9.17) is 14.5 Å². The summed E-state index contributed by atoms with van der Waals surface area (Å²) in [6.45, 7) is 10.4. The number of nitrogens with one attached hydrogen (secondary N) is 1. The highest BCUT2D eigenvalue weighted by atomic mass is 16.5. The van der Waals surface area contributed by atoms with Crippen LogP contribution in [0.15, 0.2) is 23.2 Å². The number of carbonyl (C=O) groups is 2. The van der Waals surface area contributed by atoms with Gasteiger partial charge in [0.2, 0.25) is 11.9 Å². The van der Waals surface area contributed by atoms with Crippen LogP contribution in [0, 0.1) is 5.92 Å². The monoisotopic (exact) mass is 418 g/mol. The number of amides is 1. The smallest absolute Gasteiger partial charge is 0.321 e. The Morgan fingerprint density at radius 3 is 2.57 bits per heavy atom. The molecule has 0 saturated carbocycles. The average Bonchev–Trinajstić information content (AvgIpc) is 2.75. The molecule has 0 radical (unpaired) electrons. The maximum atomic E-state index is 12.9. The molecule has 1 amide bonds. The highest BCUT2D eigenvalue weighted by Crippen LogP contribution is 2.36. The predicted octanol–water partition coefficient (Wildman–Crippen LogP) is 1.13. The molecular weight excluding hydrogens is 388 g/mol. The Morgan fingerprint density at radius 2 is 1.93 bits per heavy atom. The Morgan fingerprint density at radius 1 is 1.20 bits per heavy atom. The van der Waals surface area contributed by atoms with Gasteiger partial charge in [-0.2, -0.15) is 0 Å². The number of benzene rings is 1. The SMILES string of the molecule is CCOC(=O)[C@@H]1C(=O)NC(N2CCN(CC)CC2)=N[C@@H]1c1ccc(O)c(OCC)c1. The van der Waals surface area contributed by atoms with Gasteiger partial charge in [-0.3, -0.25) is 14.9 Å². The minimum absolute atomic E-state index is 0.00608. The van der Waals surface area contributed by atoms with Crippen LogP contribution in [0.2, 0.25) is 0 Å². The lowest BCUT2D eigenvalue weighted by Crippen LogP contribution is -2.57. The van der Waals surface area contributed by atoms with Gasteiger partial charge < -0.3 is 24.4 Å². The van der Waals surface area contributed by atoms with Crippen molar-refractivity contribution in [2.24, 2.45) is 10.9 Å². The van der Waals surface area contributed by atoms with Crippen molar-refractivity contribution in [3.05, 3.63) is 23.8 Å². The first-order valence-electron chi connectivity index (χ1n) is 10.5. The molecule has 0 bridgehead atoms. The van der Waals surface area contributed by atoms with Crippen molar-refractivity contribution in [3.8, 4) is 11.5 Å². The number of phenolic OH excluding ortho intramolecular Hbond substituents is 1. The van der Waals surface area contributed by atoms with Crippen LogP contribution in [0.3, 0.4) is 0 Å². The van der Waals surface area contributed by atoms with Crippen molar-refractivity contribution < 1.29 is 24.2 Å². The second-order valence-corrected chi connectivity index (χ2v) is 7.20. The van der Waals surface area contributed by atoms with Crippen molar-refractivity contribution in [3.63, 3.8) is 0 Å². The molecule has 1 saturated heterocycles. The first-order chi connectivity index (χ1) is 14.5. The van der Waals surface area contributed by atoms with E-state index in [1.54, 1.807) is 19.1 Å². The van der Waals surface area contributed by atoms with Crippen molar-refractivity contribution in [2.45, 2.75) is 26.8 Å². The van der Waals surface area contributed by atoms with E-state index < -0.39 is 23.8 Å². The minimum Gasteiger partial charge on any atom is -0.504 e. The van der Waals surface area contributed by atoms with Crippen LogP contribution in [0.1, 0.15) is 32.4 Å². The fourth-order valence-electron chi connectivity index (χ4n) is 3.73. The van der Waals surface area contributed by atoms with Gasteiger partial charge in [0, 0.05) is 26.2 Å². The molecule has 9 heteroatoms. The van der Waals surface area contributed by atoms with Crippen LogP contribution < -0.4 is 10.1 Å². The van der Waals surface area contributed by atoms with Gasteiger partial charge in [-0.15, -0.1) is 0 Å². The first-order valence-corrected chi connectivity index (χ1v) is 10.5. The van der Waals surface area contributed by atoms with E-state index in [2.05, 4.69) is 17.1 Å². The number of nitrogens with zero attached hydrogens (tertiary/aromatic N) is 3. The number of aliphatic imine (C=N–C) groups is 1. The largest absolute Gasteiger partial charge is 0.504 e. The van der Waals surface area contributed by atoms with Crippen LogP contribution in [0.5, 0.6) is 11.5 Å². The molecule has 164 valence electrons. The van der Waals surface area contributed by atoms with Gasteiger partial charge in [0.25, 0.3) is 0 Å². The minimum atomic E-state index is -1.11. The number of likely N-dealkylation sites (N-methyl/N-ethyl adjacent to an activating group) is 1. The quantitative estimate of drug-likeness (QED) is 0.527. The third kappa shape index (κ3) is 4.67. The van der Waals surface area contributed by atoms with Crippen LogP contribution in [0.4, 0.5) is 0 Å². The lowest BCUT2D eigenvalue weighted by Gasteiger charge is -2.38. The number of hydrogen-bond acceptors (Lipinski definition) is 8. The van der Waals surface area contributed by atoms with Gasteiger partial charge >= 0.3 is 5.97 Å². The number of piperazine rings is 1. The van der Waals surface area contributed by atoms with Gasteiger partial charge in [0.05, 0.1) is 13.2 Å². The molecule has 1 fully saturated rings. The van der Waals surface area contributed by atoms with Crippen molar-refractivity contribution >= 4 is 17.8 Å². The summed E-state index contributed by atoms with van der Waals surface area (Å²) < 4.78 is 10.6. The Balaban J connectivity index is 1.95. The summed E-state index contributed by atoms with van der Waals surface area (Å²) in [5.74, 6) is -1.42. The number of phenols is 1. The zero-order valence-electron chi connectivity index (χ0n) is 17.8. The highest BCUT2D eigenvalue weighted by Gasteiger charge is 2.42. The van der Waals surface area contributed by atoms with Crippen LogP contribution in [0.25, 0.3) is 0 Å². The molecule has 0 aromatic heterocycles. The summed E-state index contributed by atoms with van der Waals surface area (Å²) in [4.78, 5) is 34.6. The summed E-state index contributed by atoms with van der Waals surface area (Å²) in [5.41, 5.74) is 0.605. The molecule has 0 aliphatic carbocycles. The van der Waals surface area contributed by atoms with Gasteiger partial charge in [-0.25, -0.2) is 4.99 Å². The Kier molecular flexibility index (Phi) is 7.15. The predicted molar refractivity (Wildman–Crippen MR) is 111 cm³/mol. The summed E-state index contributed by atoms with van der Waals surface area (Å²) in [6.07, 6.45) is 0. The third-order valence-electron chi connectivity index (χ3n) is 5.38. The first kappa shape index (κ1) is 21.9. The van der Waals surface area contributed by atoms with Crippen LogP contribution >= 0.6 is 0 Å². The summed E-state index contributed by atoms with van der Waals surface area (Å²) in [5, 5.41) is 12.8. The lowest BCUT2D eigenvalue weighted by molar-refractivity contribution is -0.153. The Hall–Kier alpha value is -2.81. The molecule has 0 spiro atoms. The third-order valence-corrected chi connectivity index (χ3v) is 5.38. The maximum absolute atomic E-state index is 12.9. The summed E-state index contributed by atoms with van der Waals surface area (Å²) in [6, 6.07) is 4.01. The average molecular weight is 418 g/mol. The van der Waals surface area contributed by atoms with E-state index in [1.165, 1.54) is 6.07 Å². The van der Waals surface area contributed by atoms with Crippen LogP contribution in [-0.2, 0) is 14.3 Å². The van der Waals surface area contributed by atoms with Crippen LogP contribution in [-0.4, -0.2) is 78.7 Å². The van der Waals surface area contributed by atoms with E-state index in [9.17, 15) is 14.7 Å². The summed E-state index contributed by atoms with van der Waals surface area (Å²) in [7, 11) is 0.